The Labute approximate surface area is 119 Å². The van der Waals surface area contributed by atoms with Gasteiger partial charge in [0.05, 0.1) is 0 Å². The van der Waals surface area contributed by atoms with Gasteiger partial charge in [-0.3, -0.25) is 9.67 Å². The molecule has 0 aliphatic carbocycles. The lowest BCUT2D eigenvalue weighted by atomic mass is 10.2. The summed E-state index contributed by atoms with van der Waals surface area (Å²) in [5.41, 5.74) is 1.10. The number of H-pyrrole nitrogens is 1. The molecule has 0 aliphatic rings. The van der Waals surface area contributed by atoms with Gasteiger partial charge in [-0.1, -0.05) is 26.0 Å². The number of nitrogens with one attached hydrogen (secondary N) is 1. The van der Waals surface area contributed by atoms with Gasteiger partial charge in [0.25, 0.3) is 0 Å². The van der Waals surface area contributed by atoms with Gasteiger partial charge in [-0.15, -0.1) is 0 Å². The second kappa shape index (κ2) is 5.30. The number of aromatic nitrogens is 3. The van der Waals surface area contributed by atoms with Crippen molar-refractivity contribution in [1.82, 2.24) is 14.8 Å². The highest BCUT2D eigenvalue weighted by atomic mass is 127. The molecular weight excluding hydrogens is 345 g/mol. The van der Waals surface area contributed by atoms with Crippen molar-refractivity contribution in [2.24, 2.45) is 5.92 Å². The monoisotopic (exact) mass is 359 g/mol. The lowest BCUT2D eigenvalue weighted by Gasteiger charge is -2.09. The van der Waals surface area contributed by atoms with Gasteiger partial charge in [0.2, 0.25) is 0 Å². The van der Waals surface area contributed by atoms with Crippen LogP contribution in [0, 0.1) is 14.3 Å². The van der Waals surface area contributed by atoms with Crippen molar-refractivity contribution in [3.05, 3.63) is 32.6 Å². The molecule has 5 heteroatoms. The molecule has 3 nitrogen and oxygen atoms in total. The molecular formula is C12H14IN3S. The highest BCUT2D eigenvalue weighted by Crippen LogP contribution is 2.20. The van der Waals surface area contributed by atoms with Gasteiger partial charge >= 0.3 is 0 Å². The first-order valence-electron chi connectivity index (χ1n) is 5.49. The van der Waals surface area contributed by atoms with Crippen molar-refractivity contribution in [1.29, 1.82) is 0 Å². The van der Waals surface area contributed by atoms with Crippen molar-refractivity contribution < 1.29 is 0 Å². The molecule has 90 valence electrons. The van der Waals surface area contributed by atoms with Crippen LogP contribution in [0.1, 0.15) is 13.8 Å². The standard InChI is InChI=1S/C12H14IN3S/c1-8(2)7-16-11(14-15-12(16)17)9-4-3-5-10(13)6-9/h3-6,8H,7H2,1-2H3,(H,15,17). The summed E-state index contributed by atoms with van der Waals surface area (Å²) in [6.07, 6.45) is 0. The normalized spacial score (nSPS) is 11.1. The summed E-state index contributed by atoms with van der Waals surface area (Å²) in [5.74, 6) is 1.46. The summed E-state index contributed by atoms with van der Waals surface area (Å²) in [7, 11) is 0. The van der Waals surface area contributed by atoms with Gasteiger partial charge in [-0.05, 0) is 52.9 Å². The molecule has 0 fully saturated rings. The largest absolute Gasteiger partial charge is 0.300 e. The van der Waals surface area contributed by atoms with Crippen LogP contribution in [0.3, 0.4) is 0 Å². The zero-order valence-electron chi connectivity index (χ0n) is 9.77. The molecule has 2 rings (SSSR count). The molecule has 0 amide bonds. The van der Waals surface area contributed by atoms with Crippen LogP contribution in [0.25, 0.3) is 11.4 Å². The molecule has 0 saturated carbocycles. The summed E-state index contributed by atoms with van der Waals surface area (Å²) in [6, 6.07) is 8.28. The Morgan fingerprint density at radius 1 is 1.47 bits per heavy atom. The van der Waals surface area contributed by atoms with Gasteiger partial charge in [-0.25, -0.2) is 0 Å². The van der Waals surface area contributed by atoms with Gasteiger partial charge in [0.1, 0.15) is 0 Å². The summed E-state index contributed by atoms with van der Waals surface area (Å²) in [6.45, 7) is 5.23. The van der Waals surface area contributed by atoms with Crippen LogP contribution in [0.15, 0.2) is 24.3 Å². The van der Waals surface area contributed by atoms with E-state index in [2.05, 4.69) is 69.4 Å². The van der Waals surface area contributed by atoms with Crippen LogP contribution >= 0.6 is 34.8 Å². The lowest BCUT2D eigenvalue weighted by molar-refractivity contribution is 0.521. The van der Waals surface area contributed by atoms with E-state index in [0.717, 1.165) is 17.9 Å². The Kier molecular flexibility index (Phi) is 3.98. The van der Waals surface area contributed by atoms with E-state index in [4.69, 9.17) is 12.2 Å². The predicted octanol–water partition coefficient (Wildman–Crippen LogP) is 3.87. The second-order valence-corrected chi connectivity index (χ2v) is 6.00. The fraction of sp³-hybridized carbons (Fsp3) is 0.333. The van der Waals surface area contributed by atoms with E-state index in [9.17, 15) is 0 Å². The second-order valence-electron chi connectivity index (χ2n) is 4.37. The number of hydrogen-bond donors (Lipinski definition) is 1. The molecule has 0 bridgehead atoms. The van der Waals surface area contributed by atoms with Crippen molar-refractivity contribution in [3.8, 4) is 11.4 Å². The fourth-order valence-electron chi connectivity index (χ4n) is 1.70. The van der Waals surface area contributed by atoms with E-state index >= 15 is 0 Å². The molecule has 17 heavy (non-hydrogen) atoms. The number of halogens is 1. The predicted molar refractivity (Wildman–Crippen MR) is 80.4 cm³/mol. The van der Waals surface area contributed by atoms with E-state index in [-0.39, 0.29) is 0 Å². The molecule has 0 unspecified atom stereocenters. The summed E-state index contributed by atoms with van der Waals surface area (Å²) in [4.78, 5) is 0. The van der Waals surface area contributed by atoms with E-state index in [1.165, 1.54) is 3.57 Å². The van der Waals surface area contributed by atoms with Crippen molar-refractivity contribution >= 4 is 34.8 Å². The zero-order chi connectivity index (χ0) is 12.4. The number of nitrogens with zero attached hydrogens (tertiary/aromatic N) is 2. The Balaban J connectivity index is 2.49. The highest BCUT2D eigenvalue weighted by molar-refractivity contribution is 14.1. The molecule has 1 N–H and O–H groups in total. The molecule has 0 aliphatic heterocycles. The van der Waals surface area contributed by atoms with Gasteiger partial charge in [-0.2, -0.15) is 5.10 Å². The van der Waals surface area contributed by atoms with Gasteiger partial charge < -0.3 is 0 Å². The van der Waals surface area contributed by atoms with E-state index in [1.807, 2.05) is 6.07 Å². The first-order chi connectivity index (χ1) is 8.08. The molecule has 0 spiro atoms. The Morgan fingerprint density at radius 2 is 2.24 bits per heavy atom. The molecule has 0 saturated heterocycles. The average molecular weight is 359 g/mol. The minimum atomic E-state index is 0.542. The Morgan fingerprint density at radius 3 is 2.88 bits per heavy atom. The topological polar surface area (TPSA) is 33.6 Å². The van der Waals surface area contributed by atoms with Gasteiger partial charge in [0.15, 0.2) is 10.6 Å². The molecule has 0 radical (unpaired) electrons. The minimum absolute atomic E-state index is 0.542. The highest BCUT2D eigenvalue weighted by Gasteiger charge is 2.10. The van der Waals surface area contributed by atoms with Crippen molar-refractivity contribution in [3.63, 3.8) is 0 Å². The average Bonchev–Trinajstić information content (AvgIpc) is 2.60. The number of hydrogen-bond acceptors (Lipinski definition) is 2. The first-order valence-corrected chi connectivity index (χ1v) is 6.98. The fourth-order valence-corrected chi connectivity index (χ4v) is 2.45. The maximum absolute atomic E-state index is 5.27. The Bertz CT molecular complexity index is 571. The quantitative estimate of drug-likeness (QED) is 0.667. The number of rotatable bonds is 3. The van der Waals surface area contributed by atoms with Crippen LogP contribution in [0.4, 0.5) is 0 Å². The summed E-state index contributed by atoms with van der Waals surface area (Å²) >= 11 is 7.57. The van der Waals surface area contributed by atoms with Crippen LogP contribution in [0.2, 0.25) is 0 Å². The smallest absolute Gasteiger partial charge is 0.195 e. The van der Waals surface area contributed by atoms with Crippen molar-refractivity contribution in [2.75, 3.05) is 0 Å². The maximum Gasteiger partial charge on any atom is 0.195 e. The van der Waals surface area contributed by atoms with Crippen molar-refractivity contribution in [2.45, 2.75) is 20.4 Å². The van der Waals surface area contributed by atoms with E-state index in [1.54, 1.807) is 0 Å². The third-order valence-corrected chi connectivity index (χ3v) is 3.37. The van der Waals surface area contributed by atoms with E-state index in [0.29, 0.717) is 10.7 Å². The lowest BCUT2D eigenvalue weighted by Crippen LogP contribution is -2.06. The first kappa shape index (κ1) is 12.8. The minimum Gasteiger partial charge on any atom is -0.300 e. The Hall–Kier alpha value is -0.690. The van der Waals surface area contributed by atoms with Crippen LogP contribution in [-0.4, -0.2) is 14.8 Å². The summed E-state index contributed by atoms with van der Waals surface area (Å²) < 4.78 is 3.95. The van der Waals surface area contributed by atoms with Gasteiger partial charge in [0, 0.05) is 15.7 Å². The zero-order valence-corrected chi connectivity index (χ0v) is 12.7. The molecule has 1 aromatic carbocycles. The SMILES string of the molecule is CC(C)Cn1c(-c2cccc(I)c2)n[nH]c1=S. The summed E-state index contributed by atoms with van der Waals surface area (Å²) in [5, 5.41) is 7.20. The number of benzene rings is 1. The third kappa shape index (κ3) is 2.95. The van der Waals surface area contributed by atoms with Crippen LogP contribution in [0.5, 0.6) is 0 Å². The molecule has 0 atom stereocenters. The molecule has 2 aromatic rings. The third-order valence-electron chi connectivity index (χ3n) is 2.39. The molecule has 1 aromatic heterocycles. The number of aromatic amines is 1. The molecule has 1 heterocycles. The maximum atomic E-state index is 5.27. The van der Waals surface area contributed by atoms with Crippen LogP contribution in [-0.2, 0) is 6.54 Å². The van der Waals surface area contributed by atoms with E-state index < -0.39 is 0 Å². The van der Waals surface area contributed by atoms with Crippen LogP contribution < -0.4 is 0 Å².